The molecule has 1 heterocycles. The predicted molar refractivity (Wildman–Crippen MR) is 54.0 cm³/mol. The number of thiazole rings is 1. The maximum atomic E-state index is 8.76. The highest BCUT2D eigenvalue weighted by Gasteiger charge is 2.16. The summed E-state index contributed by atoms with van der Waals surface area (Å²) >= 11 is 1.52. The first kappa shape index (κ1) is 11.9. The lowest BCUT2D eigenvalue weighted by molar-refractivity contribution is 0.280. The molecule has 4 heteroatoms. The molecule has 1 rings (SSSR count). The van der Waals surface area contributed by atoms with E-state index < -0.39 is 0 Å². The van der Waals surface area contributed by atoms with Gasteiger partial charge in [-0.25, -0.2) is 4.98 Å². The van der Waals surface area contributed by atoms with E-state index in [0.717, 1.165) is 10.7 Å². The van der Waals surface area contributed by atoms with Crippen LogP contribution in [0.2, 0.25) is 0 Å². The molecule has 0 bridgehead atoms. The summed E-state index contributed by atoms with van der Waals surface area (Å²) in [6, 6.07) is 0. The molecule has 0 aromatic carbocycles. The first-order valence-corrected chi connectivity index (χ1v) is 4.48. The molecular weight excluding hydrogens is 194 g/mol. The molecule has 1 aromatic rings. The van der Waals surface area contributed by atoms with Crippen LogP contribution >= 0.6 is 23.7 Å². The number of aliphatic hydroxyl groups excluding tert-OH is 1. The number of hydrogen-bond donors (Lipinski definition) is 1. The third-order valence-electron chi connectivity index (χ3n) is 1.46. The molecule has 1 aromatic heterocycles. The Kier molecular flexibility index (Phi) is 4.17. The molecule has 0 amide bonds. The van der Waals surface area contributed by atoms with Crippen molar-refractivity contribution >= 4 is 23.7 Å². The Balaban J connectivity index is 0.00000121. The molecule has 2 nitrogen and oxygen atoms in total. The Morgan fingerprint density at radius 3 is 2.33 bits per heavy atom. The van der Waals surface area contributed by atoms with Crippen molar-refractivity contribution in [3.63, 3.8) is 0 Å². The molecular formula is C8H14ClNOS. The van der Waals surface area contributed by atoms with Crippen molar-refractivity contribution in [3.8, 4) is 0 Å². The lowest BCUT2D eigenvalue weighted by Gasteiger charge is -2.13. The molecule has 0 spiro atoms. The van der Waals surface area contributed by atoms with Gasteiger partial charge in [-0.05, 0) is 0 Å². The first-order valence-electron chi connectivity index (χ1n) is 3.60. The van der Waals surface area contributed by atoms with Crippen molar-refractivity contribution in [2.75, 3.05) is 0 Å². The summed E-state index contributed by atoms with van der Waals surface area (Å²) in [5.41, 5.74) is 1.16. The van der Waals surface area contributed by atoms with Crippen LogP contribution in [0.3, 0.4) is 0 Å². The summed E-state index contributed by atoms with van der Waals surface area (Å²) < 4.78 is 0. The van der Waals surface area contributed by atoms with Crippen molar-refractivity contribution in [2.24, 2.45) is 0 Å². The van der Waals surface area contributed by atoms with Crippen LogP contribution in [0.15, 0.2) is 5.38 Å². The number of nitrogens with zero attached hydrogens (tertiary/aromatic N) is 1. The average molecular weight is 208 g/mol. The van der Waals surface area contributed by atoms with Gasteiger partial charge >= 0.3 is 0 Å². The Morgan fingerprint density at radius 1 is 1.50 bits per heavy atom. The molecule has 12 heavy (non-hydrogen) atoms. The van der Waals surface area contributed by atoms with Gasteiger partial charge in [-0.15, -0.1) is 23.7 Å². The average Bonchev–Trinajstić information content (AvgIpc) is 2.32. The molecule has 0 saturated carbocycles. The summed E-state index contributed by atoms with van der Waals surface area (Å²) in [6.45, 7) is 6.40. The number of hydrogen-bond acceptors (Lipinski definition) is 3. The Hall–Kier alpha value is -0.120. The Morgan fingerprint density at radius 2 is 2.08 bits per heavy atom. The van der Waals surface area contributed by atoms with Crippen LogP contribution in [0.1, 0.15) is 31.5 Å². The zero-order valence-corrected chi connectivity index (χ0v) is 9.13. The van der Waals surface area contributed by atoms with E-state index in [9.17, 15) is 0 Å². The second-order valence-electron chi connectivity index (χ2n) is 3.53. The van der Waals surface area contributed by atoms with Crippen LogP contribution in [0.4, 0.5) is 0 Å². The normalized spacial score (nSPS) is 11.0. The van der Waals surface area contributed by atoms with Gasteiger partial charge in [0, 0.05) is 10.8 Å². The maximum Gasteiger partial charge on any atom is 0.118 e. The van der Waals surface area contributed by atoms with Crippen LogP contribution in [0.25, 0.3) is 0 Å². The Labute approximate surface area is 83.1 Å². The molecule has 0 aliphatic carbocycles. The number of halogens is 1. The van der Waals surface area contributed by atoms with Crippen molar-refractivity contribution < 1.29 is 5.11 Å². The zero-order chi connectivity index (χ0) is 8.48. The van der Waals surface area contributed by atoms with Crippen LogP contribution in [0, 0.1) is 0 Å². The monoisotopic (exact) mass is 207 g/mol. The SMILES string of the molecule is CC(C)(C)c1csc(CO)n1.Cl. The largest absolute Gasteiger partial charge is 0.389 e. The zero-order valence-electron chi connectivity index (χ0n) is 7.50. The van der Waals surface area contributed by atoms with Crippen LogP contribution in [-0.4, -0.2) is 10.1 Å². The van der Waals surface area contributed by atoms with Gasteiger partial charge in [0.05, 0.1) is 12.3 Å². The van der Waals surface area contributed by atoms with Gasteiger partial charge in [0.15, 0.2) is 0 Å². The topological polar surface area (TPSA) is 33.1 Å². The summed E-state index contributed by atoms with van der Waals surface area (Å²) in [5, 5.41) is 11.6. The highest BCUT2D eigenvalue weighted by atomic mass is 35.5. The van der Waals surface area contributed by atoms with Crippen LogP contribution < -0.4 is 0 Å². The van der Waals surface area contributed by atoms with Gasteiger partial charge in [0.2, 0.25) is 0 Å². The smallest absolute Gasteiger partial charge is 0.118 e. The highest BCUT2D eigenvalue weighted by molar-refractivity contribution is 7.09. The molecule has 0 unspecified atom stereocenters. The summed E-state index contributed by atoms with van der Waals surface area (Å²) in [4.78, 5) is 4.27. The fraction of sp³-hybridized carbons (Fsp3) is 0.625. The van der Waals surface area contributed by atoms with E-state index in [1.807, 2.05) is 5.38 Å². The van der Waals surface area contributed by atoms with E-state index in [1.165, 1.54) is 11.3 Å². The van der Waals surface area contributed by atoms with Gasteiger partial charge < -0.3 is 5.11 Å². The van der Waals surface area contributed by atoms with E-state index in [1.54, 1.807) is 0 Å². The molecule has 0 radical (unpaired) electrons. The predicted octanol–water partition coefficient (Wildman–Crippen LogP) is 2.35. The van der Waals surface area contributed by atoms with E-state index >= 15 is 0 Å². The highest BCUT2D eigenvalue weighted by Crippen LogP contribution is 2.23. The molecule has 70 valence electrons. The van der Waals surface area contributed by atoms with Gasteiger partial charge in [0.25, 0.3) is 0 Å². The summed E-state index contributed by atoms with van der Waals surface area (Å²) in [7, 11) is 0. The molecule has 0 atom stereocenters. The summed E-state index contributed by atoms with van der Waals surface area (Å²) in [5.74, 6) is 0. The van der Waals surface area contributed by atoms with Gasteiger partial charge in [0.1, 0.15) is 5.01 Å². The molecule has 0 fully saturated rings. The third kappa shape index (κ3) is 2.73. The van der Waals surface area contributed by atoms with Crippen molar-refractivity contribution in [1.82, 2.24) is 4.98 Å². The molecule has 1 N–H and O–H groups in total. The van der Waals surface area contributed by atoms with Crippen molar-refractivity contribution in [2.45, 2.75) is 32.8 Å². The molecule has 0 aliphatic heterocycles. The number of aliphatic hydroxyl groups is 1. The number of rotatable bonds is 1. The third-order valence-corrected chi connectivity index (χ3v) is 2.29. The number of aromatic nitrogens is 1. The van der Waals surface area contributed by atoms with Crippen LogP contribution in [0.5, 0.6) is 0 Å². The second-order valence-corrected chi connectivity index (χ2v) is 4.48. The van der Waals surface area contributed by atoms with Gasteiger partial charge in [-0.2, -0.15) is 0 Å². The molecule has 0 aliphatic rings. The first-order chi connectivity index (χ1) is 5.04. The fourth-order valence-corrected chi connectivity index (χ4v) is 1.61. The summed E-state index contributed by atoms with van der Waals surface area (Å²) in [6.07, 6.45) is 0. The minimum absolute atomic E-state index is 0. The minimum atomic E-state index is 0. The standard InChI is InChI=1S/C8H13NOS.ClH/c1-8(2,3)6-5-11-7(4-10)9-6;/h5,10H,4H2,1-3H3;1H. The van der Waals surface area contributed by atoms with E-state index in [-0.39, 0.29) is 24.4 Å². The van der Waals surface area contributed by atoms with E-state index in [0.29, 0.717) is 0 Å². The fourth-order valence-electron chi connectivity index (χ4n) is 0.728. The van der Waals surface area contributed by atoms with Gasteiger partial charge in [-0.1, -0.05) is 20.8 Å². The molecule has 0 saturated heterocycles. The van der Waals surface area contributed by atoms with Crippen molar-refractivity contribution in [3.05, 3.63) is 16.1 Å². The van der Waals surface area contributed by atoms with E-state index in [4.69, 9.17) is 5.11 Å². The lowest BCUT2D eigenvalue weighted by Crippen LogP contribution is -2.11. The van der Waals surface area contributed by atoms with Crippen molar-refractivity contribution in [1.29, 1.82) is 0 Å². The lowest BCUT2D eigenvalue weighted by atomic mass is 9.93. The van der Waals surface area contributed by atoms with Crippen LogP contribution in [-0.2, 0) is 12.0 Å². The second kappa shape index (κ2) is 4.21. The maximum absolute atomic E-state index is 8.76. The minimum Gasteiger partial charge on any atom is -0.389 e. The van der Waals surface area contributed by atoms with E-state index in [2.05, 4.69) is 25.8 Å². The Bertz CT molecular complexity index is 241. The van der Waals surface area contributed by atoms with Gasteiger partial charge in [-0.3, -0.25) is 0 Å². The quantitative estimate of drug-likeness (QED) is 0.767.